The van der Waals surface area contributed by atoms with Crippen molar-refractivity contribution in [3.8, 4) is 0 Å². The molecule has 1 amide bonds. The lowest BCUT2D eigenvalue weighted by Crippen LogP contribution is -2.42. The van der Waals surface area contributed by atoms with Crippen LogP contribution in [0.1, 0.15) is 28.9 Å². The number of sulfonamides is 1. The number of anilines is 1. The summed E-state index contributed by atoms with van der Waals surface area (Å²) in [6.45, 7) is 0. The second-order valence-corrected chi connectivity index (χ2v) is 11.2. The first-order chi connectivity index (χ1) is 12.9. The Morgan fingerprint density at radius 3 is 2.81 bits per heavy atom. The minimum absolute atomic E-state index is 0.0151. The van der Waals surface area contributed by atoms with Crippen LogP contribution in [-0.4, -0.2) is 38.7 Å². The zero-order valence-electron chi connectivity index (χ0n) is 14.8. The van der Waals surface area contributed by atoms with Gasteiger partial charge in [-0.05, 0) is 49.6 Å². The van der Waals surface area contributed by atoms with Gasteiger partial charge in [-0.15, -0.1) is 11.3 Å². The lowest BCUT2D eigenvalue weighted by Gasteiger charge is -2.20. The number of amides is 1. The van der Waals surface area contributed by atoms with Gasteiger partial charge in [-0.3, -0.25) is 9.52 Å². The fourth-order valence-corrected chi connectivity index (χ4v) is 6.29. The summed E-state index contributed by atoms with van der Waals surface area (Å²) in [5.41, 5.74) is 0.529. The number of rotatable bonds is 6. The first kappa shape index (κ1) is 18.8. The van der Waals surface area contributed by atoms with Crippen LogP contribution >= 0.6 is 23.1 Å². The Morgan fingerprint density at radius 2 is 2.11 bits per heavy atom. The third kappa shape index (κ3) is 4.66. The van der Waals surface area contributed by atoms with E-state index in [0.717, 1.165) is 28.2 Å². The van der Waals surface area contributed by atoms with Crippen LogP contribution < -0.4 is 15.4 Å². The van der Waals surface area contributed by atoms with Gasteiger partial charge in [0.15, 0.2) is 0 Å². The van der Waals surface area contributed by atoms with E-state index in [1.54, 1.807) is 18.2 Å². The van der Waals surface area contributed by atoms with Crippen molar-refractivity contribution in [3.05, 3.63) is 41.3 Å². The molecule has 4 rings (SSSR count). The molecule has 144 valence electrons. The Bertz CT molecular complexity index is 958. The molecule has 0 radical (unpaired) electrons. The molecule has 1 aromatic heterocycles. The number of fused-ring (bicyclic) bond motifs is 2. The van der Waals surface area contributed by atoms with Crippen molar-refractivity contribution in [2.45, 2.75) is 46.5 Å². The van der Waals surface area contributed by atoms with Crippen molar-refractivity contribution < 1.29 is 13.2 Å². The Labute approximate surface area is 167 Å². The zero-order valence-corrected chi connectivity index (χ0v) is 17.2. The molecule has 9 heteroatoms. The van der Waals surface area contributed by atoms with Crippen LogP contribution in [0, 0.1) is 0 Å². The van der Waals surface area contributed by atoms with Crippen LogP contribution in [0.25, 0.3) is 0 Å². The summed E-state index contributed by atoms with van der Waals surface area (Å²) in [5, 5.41) is 6.69. The van der Waals surface area contributed by atoms with E-state index in [9.17, 15) is 13.2 Å². The zero-order chi connectivity index (χ0) is 19.0. The molecule has 2 aliphatic rings. The summed E-state index contributed by atoms with van der Waals surface area (Å²) in [5.74, 6) is -0.0151. The molecule has 3 heterocycles. The van der Waals surface area contributed by atoms with Crippen molar-refractivity contribution in [2.24, 2.45) is 0 Å². The third-order valence-electron chi connectivity index (χ3n) is 4.78. The van der Waals surface area contributed by atoms with E-state index < -0.39 is 10.0 Å². The van der Waals surface area contributed by atoms with Crippen molar-refractivity contribution in [1.82, 2.24) is 10.6 Å². The number of carbonyl (C=O) groups excluding carboxylic acids is 1. The summed E-state index contributed by atoms with van der Waals surface area (Å²) >= 11 is 2.96. The Balaban J connectivity index is 1.39. The molecule has 3 atom stereocenters. The van der Waals surface area contributed by atoms with Gasteiger partial charge in [0, 0.05) is 28.7 Å². The summed E-state index contributed by atoms with van der Waals surface area (Å²) in [4.78, 5) is 14.2. The molecule has 1 aromatic carbocycles. The Hall–Kier alpha value is -1.55. The average molecular weight is 424 g/mol. The highest BCUT2D eigenvalue weighted by Crippen LogP contribution is 2.35. The van der Waals surface area contributed by atoms with Gasteiger partial charge in [0.2, 0.25) is 10.0 Å². The van der Waals surface area contributed by atoms with Gasteiger partial charge >= 0.3 is 0 Å². The molecule has 2 aromatic rings. The van der Waals surface area contributed by atoms with Gasteiger partial charge < -0.3 is 10.6 Å². The van der Waals surface area contributed by atoms with Crippen molar-refractivity contribution in [1.29, 1.82) is 0 Å². The Morgan fingerprint density at radius 1 is 1.26 bits per heavy atom. The highest BCUT2D eigenvalue weighted by Gasteiger charge is 2.39. The quantitative estimate of drug-likeness (QED) is 0.665. The number of benzene rings is 1. The fraction of sp³-hybridized carbons (Fsp3) is 0.389. The molecule has 3 unspecified atom stereocenters. The number of thiophene rings is 1. The van der Waals surface area contributed by atoms with E-state index in [1.165, 1.54) is 29.5 Å². The number of carbonyl (C=O) groups is 1. The molecule has 2 fully saturated rings. The fourth-order valence-electron chi connectivity index (χ4n) is 3.67. The van der Waals surface area contributed by atoms with Crippen LogP contribution in [0.15, 0.2) is 45.5 Å². The third-order valence-corrected chi connectivity index (χ3v) is 7.59. The molecule has 0 aliphatic carbocycles. The van der Waals surface area contributed by atoms with E-state index >= 15 is 0 Å². The predicted molar refractivity (Wildman–Crippen MR) is 109 cm³/mol. The monoisotopic (exact) mass is 423 g/mol. The van der Waals surface area contributed by atoms with Gasteiger partial charge in [0.05, 0.1) is 15.3 Å². The molecule has 27 heavy (non-hydrogen) atoms. The summed E-state index contributed by atoms with van der Waals surface area (Å²) < 4.78 is 26.2. The van der Waals surface area contributed by atoms with E-state index in [2.05, 4.69) is 15.4 Å². The molecule has 6 nitrogen and oxygen atoms in total. The number of hydrogen-bond donors (Lipinski definition) is 3. The maximum atomic E-state index is 12.5. The molecular weight excluding hydrogens is 402 g/mol. The smallest absolute Gasteiger partial charge is 0.261 e. The van der Waals surface area contributed by atoms with Crippen molar-refractivity contribution >= 4 is 44.7 Å². The molecule has 3 N–H and O–H groups in total. The maximum Gasteiger partial charge on any atom is 0.261 e. The SMILES string of the molecule is CS(=O)(=O)Nc1cccc(Sc2ccc(C(=O)NC3CC4CCC3N4)s2)c1. The van der Waals surface area contributed by atoms with Crippen LogP contribution in [0.2, 0.25) is 0 Å². The Kier molecular flexibility index (Phi) is 5.19. The van der Waals surface area contributed by atoms with Gasteiger partial charge in [-0.1, -0.05) is 17.8 Å². The van der Waals surface area contributed by atoms with Crippen LogP contribution in [0.4, 0.5) is 5.69 Å². The number of nitrogens with one attached hydrogen (secondary N) is 3. The standard InChI is InChI=1S/C18H21N3O3S3/c1-27(23,24)21-12-3-2-4-13(9-12)25-17-8-7-16(26-17)18(22)20-15-10-11-5-6-14(15)19-11/h2-4,7-9,11,14-15,19,21H,5-6,10H2,1H3,(H,20,22). The van der Waals surface area contributed by atoms with Crippen LogP contribution in [0.3, 0.4) is 0 Å². The first-order valence-corrected chi connectivity index (χ1v) is 12.3. The molecule has 2 saturated heterocycles. The highest BCUT2D eigenvalue weighted by atomic mass is 32.2. The first-order valence-electron chi connectivity index (χ1n) is 8.78. The van der Waals surface area contributed by atoms with E-state index in [4.69, 9.17) is 0 Å². The van der Waals surface area contributed by atoms with Gasteiger partial charge in [-0.25, -0.2) is 8.42 Å². The van der Waals surface area contributed by atoms with E-state index in [-0.39, 0.29) is 11.9 Å². The summed E-state index contributed by atoms with van der Waals surface area (Å²) in [6, 6.07) is 12.2. The lowest BCUT2D eigenvalue weighted by atomic mass is 9.95. The molecule has 0 saturated carbocycles. The highest BCUT2D eigenvalue weighted by molar-refractivity contribution is 8.01. The van der Waals surface area contributed by atoms with Crippen molar-refractivity contribution in [3.63, 3.8) is 0 Å². The summed E-state index contributed by atoms with van der Waals surface area (Å²) in [6.07, 6.45) is 4.50. The van der Waals surface area contributed by atoms with Gasteiger partial charge in [0.1, 0.15) is 0 Å². The largest absolute Gasteiger partial charge is 0.347 e. The molecule has 0 spiro atoms. The molecule has 2 bridgehead atoms. The summed E-state index contributed by atoms with van der Waals surface area (Å²) in [7, 11) is -3.30. The minimum Gasteiger partial charge on any atom is -0.347 e. The second kappa shape index (κ2) is 7.46. The minimum atomic E-state index is -3.30. The van der Waals surface area contributed by atoms with Crippen molar-refractivity contribution in [2.75, 3.05) is 11.0 Å². The van der Waals surface area contributed by atoms with Crippen LogP contribution in [0.5, 0.6) is 0 Å². The normalized spacial score (nSPS) is 24.1. The van der Waals surface area contributed by atoms with E-state index in [0.29, 0.717) is 22.6 Å². The lowest BCUT2D eigenvalue weighted by molar-refractivity contribution is 0.0935. The van der Waals surface area contributed by atoms with Gasteiger partial charge in [-0.2, -0.15) is 0 Å². The average Bonchev–Trinajstić information content (AvgIpc) is 3.30. The van der Waals surface area contributed by atoms with Crippen LogP contribution in [-0.2, 0) is 10.0 Å². The maximum absolute atomic E-state index is 12.5. The molecule has 2 aliphatic heterocycles. The van der Waals surface area contributed by atoms with E-state index in [1.807, 2.05) is 18.2 Å². The van der Waals surface area contributed by atoms with Gasteiger partial charge in [0.25, 0.3) is 5.91 Å². The predicted octanol–water partition coefficient (Wildman–Crippen LogP) is 2.89. The topological polar surface area (TPSA) is 87.3 Å². The molecular formula is C18H21N3O3S3. The second-order valence-electron chi connectivity index (χ2n) is 6.99. The number of hydrogen-bond acceptors (Lipinski definition) is 6.